The van der Waals surface area contributed by atoms with Crippen molar-refractivity contribution < 1.29 is 52.3 Å². The lowest BCUT2D eigenvalue weighted by Gasteiger charge is -2.38. The third kappa shape index (κ3) is 25.4. The van der Waals surface area contributed by atoms with Crippen LogP contribution in [0, 0.1) is 0 Å². The second-order valence-corrected chi connectivity index (χ2v) is 19.1. The molecular weight excluding hydrogens is 775 g/mol. The van der Waals surface area contributed by atoms with E-state index in [9.17, 15) is 19.2 Å². The van der Waals surface area contributed by atoms with Gasteiger partial charge in [-0.15, -0.1) is 0 Å². The maximum Gasteiger partial charge on any atom is 0.320 e. The molecule has 2 rings (SSSR count). The standard InChI is InChI=1S/C44H77N5O11/c1-14-54-23-24-55-25-26-56-36-16-15-34(45-28-36)27-35-29-48(32-39(52)59-43(8,9)10)20-19-46(30-37(50)57-41(2,3)4)17-18-47(31-38(51)58-42(5,6)7)21-22-49(35)33-40(53)60-44(11,12)13/h15-16,28,35H,14,17-27,29-33H2,1-13H3/t35-/m0/s1. The Kier molecular flexibility index (Phi) is 21.9. The number of pyridine rings is 1. The van der Waals surface area contributed by atoms with Crippen molar-refractivity contribution in [1.82, 2.24) is 24.6 Å². The molecule has 344 valence electrons. The largest absolute Gasteiger partial charge is 0.490 e. The van der Waals surface area contributed by atoms with Gasteiger partial charge in [-0.25, -0.2) is 0 Å². The second kappa shape index (κ2) is 24.9. The molecule has 1 aromatic rings. The number of carbonyl (C=O) groups is 4. The lowest BCUT2D eigenvalue weighted by Crippen LogP contribution is -2.54. The summed E-state index contributed by atoms with van der Waals surface area (Å²) in [5, 5.41) is 0. The summed E-state index contributed by atoms with van der Waals surface area (Å²) in [6.07, 6.45) is 2.07. The molecular formula is C44H77N5O11. The first kappa shape index (κ1) is 52.7. The van der Waals surface area contributed by atoms with Crippen LogP contribution in [0.3, 0.4) is 0 Å². The van der Waals surface area contributed by atoms with Gasteiger partial charge in [-0.2, -0.15) is 0 Å². The lowest BCUT2D eigenvalue weighted by atomic mass is 10.1. The monoisotopic (exact) mass is 852 g/mol. The highest BCUT2D eigenvalue weighted by Gasteiger charge is 2.31. The molecule has 0 unspecified atom stereocenters. The molecule has 2 heterocycles. The van der Waals surface area contributed by atoms with Crippen LogP contribution in [0.5, 0.6) is 5.75 Å². The number of ether oxygens (including phenoxy) is 7. The summed E-state index contributed by atoms with van der Waals surface area (Å²) in [4.78, 5) is 66.2. The summed E-state index contributed by atoms with van der Waals surface area (Å²) in [5.41, 5.74) is -2.02. The molecule has 0 aromatic carbocycles. The quantitative estimate of drug-likeness (QED) is 0.118. The van der Waals surface area contributed by atoms with Crippen molar-refractivity contribution in [2.45, 2.75) is 125 Å². The fourth-order valence-electron chi connectivity index (χ4n) is 6.26. The number of carbonyl (C=O) groups excluding carboxylic acids is 4. The number of esters is 4. The van der Waals surface area contributed by atoms with Crippen LogP contribution in [0.25, 0.3) is 0 Å². The minimum absolute atomic E-state index is 0.00777. The third-order valence-corrected chi connectivity index (χ3v) is 8.54. The highest BCUT2D eigenvalue weighted by Crippen LogP contribution is 2.18. The Bertz CT molecular complexity index is 1450. The van der Waals surface area contributed by atoms with Crippen molar-refractivity contribution in [3.05, 3.63) is 24.0 Å². The first-order valence-electron chi connectivity index (χ1n) is 21.3. The first-order chi connectivity index (χ1) is 27.8. The number of rotatable bonds is 18. The predicted octanol–water partition coefficient (Wildman–Crippen LogP) is 4.01. The lowest BCUT2D eigenvalue weighted by molar-refractivity contribution is -0.160. The molecule has 0 saturated carbocycles. The zero-order chi connectivity index (χ0) is 45.1. The van der Waals surface area contributed by atoms with Crippen molar-refractivity contribution in [3.8, 4) is 5.75 Å². The number of hydrogen-bond donors (Lipinski definition) is 0. The molecule has 0 spiro atoms. The topological polar surface area (TPSA) is 159 Å². The number of nitrogens with zero attached hydrogens (tertiary/aromatic N) is 5. The molecule has 0 radical (unpaired) electrons. The first-order valence-corrected chi connectivity index (χ1v) is 21.3. The maximum atomic E-state index is 13.6. The van der Waals surface area contributed by atoms with E-state index in [2.05, 4.69) is 0 Å². The Morgan fingerprint density at radius 3 is 1.43 bits per heavy atom. The molecule has 1 saturated heterocycles. The Hall–Kier alpha value is -3.41. The number of aromatic nitrogens is 1. The Labute approximate surface area is 359 Å². The molecule has 0 aliphatic carbocycles. The van der Waals surface area contributed by atoms with Gasteiger partial charge in [0.15, 0.2) is 0 Å². The van der Waals surface area contributed by atoms with Gasteiger partial charge in [0.05, 0.1) is 52.2 Å². The van der Waals surface area contributed by atoms with Crippen LogP contribution < -0.4 is 4.74 Å². The van der Waals surface area contributed by atoms with Gasteiger partial charge >= 0.3 is 23.9 Å². The molecule has 1 atom stereocenters. The van der Waals surface area contributed by atoms with E-state index in [-0.39, 0.29) is 44.2 Å². The zero-order valence-electron chi connectivity index (χ0n) is 39.1. The minimum atomic E-state index is -0.714. The summed E-state index contributed by atoms with van der Waals surface area (Å²) < 4.78 is 39.7. The highest BCUT2D eigenvalue weighted by atomic mass is 16.6. The highest BCUT2D eigenvalue weighted by molar-refractivity contribution is 5.73. The van der Waals surface area contributed by atoms with Crippen LogP contribution >= 0.6 is 0 Å². The molecule has 0 bridgehead atoms. The molecule has 1 fully saturated rings. The summed E-state index contributed by atoms with van der Waals surface area (Å²) in [7, 11) is 0. The van der Waals surface area contributed by atoms with E-state index in [1.54, 1.807) is 6.20 Å². The Morgan fingerprint density at radius 2 is 0.983 bits per heavy atom. The van der Waals surface area contributed by atoms with Crippen LogP contribution in [0.2, 0.25) is 0 Å². The zero-order valence-corrected chi connectivity index (χ0v) is 39.1. The SMILES string of the molecule is CCOCCOCCOc1ccc(C[C@H]2CN(CC(=O)OC(C)(C)C)CCN(CC(=O)OC(C)(C)C)CCN(CC(=O)OC(C)(C)C)CCN2CC(=O)OC(C)(C)C)nc1. The molecule has 1 aliphatic rings. The van der Waals surface area contributed by atoms with Gasteiger partial charge in [0, 0.05) is 70.6 Å². The maximum absolute atomic E-state index is 13.6. The van der Waals surface area contributed by atoms with E-state index < -0.39 is 34.3 Å². The molecule has 16 nitrogen and oxygen atoms in total. The van der Waals surface area contributed by atoms with Crippen LogP contribution in [0.1, 0.15) is 95.7 Å². The van der Waals surface area contributed by atoms with E-state index in [1.165, 1.54) is 0 Å². The fraction of sp³-hybridized carbons (Fsp3) is 0.795. The molecule has 60 heavy (non-hydrogen) atoms. The summed E-state index contributed by atoms with van der Waals surface area (Å²) in [5.74, 6) is -0.959. The molecule has 1 aliphatic heterocycles. The Balaban J connectivity index is 2.55. The van der Waals surface area contributed by atoms with Gasteiger partial charge in [-0.05, 0) is 102 Å². The van der Waals surface area contributed by atoms with E-state index in [1.807, 2.05) is 122 Å². The minimum Gasteiger partial charge on any atom is -0.490 e. The van der Waals surface area contributed by atoms with Crippen LogP contribution in [0.4, 0.5) is 0 Å². The van der Waals surface area contributed by atoms with Crippen LogP contribution in [-0.4, -0.2) is 182 Å². The van der Waals surface area contributed by atoms with Gasteiger partial charge in [-0.3, -0.25) is 43.8 Å². The fourth-order valence-corrected chi connectivity index (χ4v) is 6.26. The Morgan fingerprint density at radius 1 is 0.567 bits per heavy atom. The van der Waals surface area contributed by atoms with Gasteiger partial charge in [-0.1, -0.05) is 0 Å². The molecule has 0 N–H and O–H groups in total. The predicted molar refractivity (Wildman–Crippen MR) is 229 cm³/mol. The van der Waals surface area contributed by atoms with E-state index in [4.69, 9.17) is 38.1 Å². The van der Waals surface area contributed by atoms with E-state index in [0.717, 1.165) is 5.69 Å². The van der Waals surface area contributed by atoms with E-state index >= 15 is 0 Å². The second-order valence-electron chi connectivity index (χ2n) is 19.1. The van der Waals surface area contributed by atoms with Gasteiger partial charge < -0.3 is 33.2 Å². The van der Waals surface area contributed by atoms with Gasteiger partial charge in [0.25, 0.3) is 0 Å². The average Bonchev–Trinajstić information content (AvgIpc) is 3.07. The average molecular weight is 852 g/mol. The summed E-state index contributed by atoms with van der Waals surface area (Å²) in [6.45, 7) is 28.9. The molecule has 0 amide bonds. The number of hydrogen-bond acceptors (Lipinski definition) is 16. The van der Waals surface area contributed by atoms with Crippen molar-refractivity contribution in [3.63, 3.8) is 0 Å². The van der Waals surface area contributed by atoms with Crippen LogP contribution in [0.15, 0.2) is 18.3 Å². The molecule has 1 aromatic heterocycles. The smallest absolute Gasteiger partial charge is 0.320 e. The molecule has 16 heteroatoms. The summed E-state index contributed by atoms with van der Waals surface area (Å²) >= 11 is 0. The normalized spacial score (nSPS) is 17.6. The van der Waals surface area contributed by atoms with Gasteiger partial charge in [0.1, 0.15) is 34.8 Å². The van der Waals surface area contributed by atoms with Crippen molar-refractivity contribution in [2.75, 3.05) is 105 Å². The summed E-state index contributed by atoms with van der Waals surface area (Å²) in [6, 6.07) is 3.38. The van der Waals surface area contributed by atoms with Gasteiger partial charge in [0.2, 0.25) is 0 Å². The van der Waals surface area contributed by atoms with Crippen molar-refractivity contribution in [1.29, 1.82) is 0 Å². The van der Waals surface area contributed by atoms with Crippen LogP contribution in [-0.2, 0) is 54.0 Å². The van der Waals surface area contributed by atoms with Crippen molar-refractivity contribution in [2.24, 2.45) is 0 Å². The van der Waals surface area contributed by atoms with E-state index in [0.29, 0.717) is 91.0 Å². The third-order valence-electron chi connectivity index (χ3n) is 8.54. The van der Waals surface area contributed by atoms with Crippen molar-refractivity contribution >= 4 is 23.9 Å².